The van der Waals surface area contributed by atoms with Gasteiger partial charge in [-0.1, -0.05) is 56.5 Å². The largest absolute Gasteiger partial charge is 0.388 e. The molecular weight excluding hydrogens is 160 g/mol. The Balaban J connectivity index is 2.35. The predicted molar refractivity (Wildman–Crippen MR) is 55.5 cm³/mol. The van der Waals surface area contributed by atoms with E-state index in [0.29, 0.717) is 0 Å². The highest BCUT2D eigenvalue weighted by Crippen LogP contribution is 2.18. The molecule has 0 aliphatic rings. The Kier molecular flexibility index (Phi) is 4.55. The number of benzene rings is 1. The molecule has 1 aromatic carbocycles. The average molecular weight is 178 g/mol. The van der Waals surface area contributed by atoms with Crippen molar-refractivity contribution in [3.8, 4) is 0 Å². The Bertz CT molecular complexity index is 218. The Labute approximate surface area is 80.4 Å². The molecule has 0 aliphatic carbocycles. The first-order chi connectivity index (χ1) is 6.34. The standard InChI is InChI=1S/C12H18O/c1-2-3-5-10-12(13)11-8-6-4-7-9-11/h4,6-9,12-13H,2-3,5,10H2,1H3. The number of hydrogen-bond acceptors (Lipinski definition) is 1. The van der Waals surface area contributed by atoms with E-state index in [1.165, 1.54) is 12.8 Å². The first-order valence-corrected chi connectivity index (χ1v) is 5.07. The van der Waals surface area contributed by atoms with Crippen LogP contribution in [0.1, 0.15) is 44.3 Å². The summed E-state index contributed by atoms with van der Waals surface area (Å²) in [4.78, 5) is 0. The van der Waals surface area contributed by atoms with E-state index < -0.39 is 0 Å². The molecule has 0 radical (unpaired) electrons. The average Bonchev–Trinajstić information content (AvgIpc) is 2.19. The molecule has 1 unspecified atom stereocenters. The lowest BCUT2D eigenvalue weighted by molar-refractivity contribution is 0.163. The Hall–Kier alpha value is -0.820. The van der Waals surface area contributed by atoms with Gasteiger partial charge in [0.25, 0.3) is 0 Å². The van der Waals surface area contributed by atoms with Gasteiger partial charge >= 0.3 is 0 Å². The van der Waals surface area contributed by atoms with Crippen LogP contribution >= 0.6 is 0 Å². The maximum Gasteiger partial charge on any atom is 0.0790 e. The zero-order chi connectivity index (χ0) is 9.52. The van der Waals surface area contributed by atoms with Crippen LogP contribution in [0.15, 0.2) is 30.3 Å². The molecule has 0 fully saturated rings. The third kappa shape index (κ3) is 3.60. The van der Waals surface area contributed by atoms with Gasteiger partial charge in [-0.15, -0.1) is 0 Å². The van der Waals surface area contributed by atoms with Crippen molar-refractivity contribution < 1.29 is 5.11 Å². The summed E-state index contributed by atoms with van der Waals surface area (Å²) in [5.41, 5.74) is 1.04. The first-order valence-electron chi connectivity index (χ1n) is 5.07. The van der Waals surface area contributed by atoms with Crippen molar-refractivity contribution in [1.29, 1.82) is 0 Å². The molecule has 1 aromatic rings. The molecule has 1 rings (SSSR count). The highest BCUT2D eigenvalue weighted by molar-refractivity contribution is 5.16. The van der Waals surface area contributed by atoms with Crippen LogP contribution in [-0.4, -0.2) is 5.11 Å². The van der Waals surface area contributed by atoms with Crippen LogP contribution in [0.3, 0.4) is 0 Å². The second-order valence-electron chi connectivity index (χ2n) is 3.42. The van der Waals surface area contributed by atoms with Crippen molar-refractivity contribution in [1.82, 2.24) is 0 Å². The van der Waals surface area contributed by atoms with Crippen molar-refractivity contribution in [2.75, 3.05) is 0 Å². The summed E-state index contributed by atoms with van der Waals surface area (Å²) in [7, 11) is 0. The molecule has 1 atom stereocenters. The van der Waals surface area contributed by atoms with Gasteiger partial charge in [0, 0.05) is 0 Å². The van der Waals surface area contributed by atoms with Crippen LogP contribution in [0.2, 0.25) is 0 Å². The fourth-order valence-corrected chi connectivity index (χ4v) is 1.43. The van der Waals surface area contributed by atoms with E-state index in [2.05, 4.69) is 6.92 Å². The van der Waals surface area contributed by atoms with Crippen molar-refractivity contribution in [3.05, 3.63) is 35.9 Å². The minimum absolute atomic E-state index is 0.271. The van der Waals surface area contributed by atoms with Gasteiger partial charge in [0.2, 0.25) is 0 Å². The summed E-state index contributed by atoms with van der Waals surface area (Å²) in [5.74, 6) is 0. The van der Waals surface area contributed by atoms with Gasteiger partial charge in [0.1, 0.15) is 0 Å². The lowest BCUT2D eigenvalue weighted by atomic mass is 10.0. The smallest absolute Gasteiger partial charge is 0.0790 e. The molecule has 1 N–H and O–H groups in total. The first kappa shape index (κ1) is 10.3. The molecular formula is C12H18O. The Morgan fingerprint density at radius 2 is 1.85 bits per heavy atom. The van der Waals surface area contributed by atoms with Crippen LogP contribution in [0, 0.1) is 0 Å². The van der Waals surface area contributed by atoms with Gasteiger partial charge in [-0.05, 0) is 12.0 Å². The summed E-state index contributed by atoms with van der Waals surface area (Å²) in [6.45, 7) is 2.18. The molecule has 1 nitrogen and oxygen atoms in total. The third-order valence-electron chi connectivity index (χ3n) is 2.27. The summed E-state index contributed by atoms with van der Waals surface area (Å²) in [5, 5.41) is 9.75. The van der Waals surface area contributed by atoms with E-state index in [-0.39, 0.29) is 6.10 Å². The normalized spacial score (nSPS) is 12.8. The highest BCUT2D eigenvalue weighted by atomic mass is 16.3. The molecule has 1 heteroatoms. The van der Waals surface area contributed by atoms with Gasteiger partial charge in [-0.3, -0.25) is 0 Å². The van der Waals surface area contributed by atoms with E-state index in [9.17, 15) is 5.11 Å². The zero-order valence-corrected chi connectivity index (χ0v) is 8.24. The summed E-state index contributed by atoms with van der Waals surface area (Å²) in [6, 6.07) is 9.88. The van der Waals surface area contributed by atoms with Crippen molar-refractivity contribution >= 4 is 0 Å². The number of rotatable bonds is 5. The van der Waals surface area contributed by atoms with Gasteiger partial charge in [0.05, 0.1) is 6.10 Å². The number of unbranched alkanes of at least 4 members (excludes halogenated alkanes) is 2. The predicted octanol–water partition coefficient (Wildman–Crippen LogP) is 3.30. The number of hydrogen-bond donors (Lipinski definition) is 1. The molecule has 0 saturated heterocycles. The van der Waals surface area contributed by atoms with Crippen LogP contribution in [0.4, 0.5) is 0 Å². The van der Waals surface area contributed by atoms with E-state index in [1.807, 2.05) is 30.3 Å². The van der Waals surface area contributed by atoms with E-state index in [4.69, 9.17) is 0 Å². The van der Waals surface area contributed by atoms with Crippen LogP contribution in [0.5, 0.6) is 0 Å². The lowest BCUT2D eigenvalue weighted by Crippen LogP contribution is -1.96. The van der Waals surface area contributed by atoms with Crippen molar-refractivity contribution in [2.45, 2.75) is 38.7 Å². The maximum atomic E-state index is 9.75. The summed E-state index contributed by atoms with van der Waals surface area (Å²) < 4.78 is 0. The van der Waals surface area contributed by atoms with Gasteiger partial charge < -0.3 is 5.11 Å². The monoisotopic (exact) mass is 178 g/mol. The molecule has 0 bridgehead atoms. The molecule has 72 valence electrons. The number of aliphatic hydroxyl groups excluding tert-OH is 1. The Morgan fingerprint density at radius 3 is 2.46 bits per heavy atom. The third-order valence-corrected chi connectivity index (χ3v) is 2.27. The summed E-state index contributed by atoms with van der Waals surface area (Å²) >= 11 is 0. The van der Waals surface area contributed by atoms with E-state index >= 15 is 0 Å². The quantitative estimate of drug-likeness (QED) is 0.686. The number of aliphatic hydroxyl groups is 1. The fourth-order valence-electron chi connectivity index (χ4n) is 1.43. The fraction of sp³-hybridized carbons (Fsp3) is 0.500. The maximum absolute atomic E-state index is 9.75. The van der Waals surface area contributed by atoms with E-state index in [1.54, 1.807) is 0 Å². The summed E-state index contributed by atoms with van der Waals surface area (Å²) in [6.07, 6.45) is 4.16. The Morgan fingerprint density at radius 1 is 1.15 bits per heavy atom. The van der Waals surface area contributed by atoms with Crippen LogP contribution in [-0.2, 0) is 0 Å². The molecule has 0 saturated carbocycles. The van der Waals surface area contributed by atoms with Gasteiger partial charge in [-0.2, -0.15) is 0 Å². The van der Waals surface area contributed by atoms with Crippen molar-refractivity contribution in [3.63, 3.8) is 0 Å². The minimum atomic E-state index is -0.271. The molecule has 0 amide bonds. The highest BCUT2D eigenvalue weighted by Gasteiger charge is 2.04. The lowest BCUT2D eigenvalue weighted by Gasteiger charge is -2.09. The van der Waals surface area contributed by atoms with Gasteiger partial charge in [-0.25, -0.2) is 0 Å². The van der Waals surface area contributed by atoms with Crippen LogP contribution < -0.4 is 0 Å². The molecule has 0 heterocycles. The molecule has 0 aliphatic heterocycles. The van der Waals surface area contributed by atoms with E-state index in [0.717, 1.165) is 18.4 Å². The minimum Gasteiger partial charge on any atom is -0.388 e. The second-order valence-corrected chi connectivity index (χ2v) is 3.42. The SMILES string of the molecule is CCCCCC(O)c1ccccc1. The van der Waals surface area contributed by atoms with Crippen molar-refractivity contribution in [2.24, 2.45) is 0 Å². The molecule has 13 heavy (non-hydrogen) atoms. The zero-order valence-electron chi connectivity index (χ0n) is 8.24. The van der Waals surface area contributed by atoms with Crippen LogP contribution in [0.25, 0.3) is 0 Å². The second kappa shape index (κ2) is 5.76. The molecule has 0 aromatic heterocycles. The topological polar surface area (TPSA) is 20.2 Å². The van der Waals surface area contributed by atoms with Gasteiger partial charge in [0.15, 0.2) is 0 Å². The molecule has 0 spiro atoms.